The van der Waals surface area contributed by atoms with E-state index in [-0.39, 0.29) is 21.1 Å². The van der Waals surface area contributed by atoms with Crippen LogP contribution in [-0.2, 0) is 21.1 Å². The van der Waals surface area contributed by atoms with Gasteiger partial charge in [0.05, 0.1) is 0 Å². The van der Waals surface area contributed by atoms with Crippen molar-refractivity contribution in [1.29, 1.82) is 0 Å². The van der Waals surface area contributed by atoms with E-state index in [2.05, 4.69) is 13.8 Å². The maximum Gasteiger partial charge on any atom is 2.00 e. The van der Waals surface area contributed by atoms with Crippen molar-refractivity contribution >= 4 is 0 Å². The normalized spacial score (nSPS) is 22.0. The van der Waals surface area contributed by atoms with Crippen molar-refractivity contribution in [3.63, 3.8) is 0 Å². The van der Waals surface area contributed by atoms with Gasteiger partial charge in [0, 0.05) is 0 Å². The molecule has 0 aromatic rings. The van der Waals surface area contributed by atoms with Gasteiger partial charge in [-0.1, -0.05) is 6.92 Å². The van der Waals surface area contributed by atoms with E-state index in [1.54, 1.807) is 5.92 Å². The minimum atomic E-state index is 0. The van der Waals surface area contributed by atoms with Crippen LogP contribution in [0.3, 0.4) is 0 Å². The average molecular weight is 294 g/mol. The molecule has 1 aliphatic rings. The molecule has 9 heavy (non-hydrogen) atoms. The maximum absolute atomic E-state index is 3.94. The Kier molecular flexibility index (Phi) is 4.84. The zero-order valence-corrected chi connectivity index (χ0v) is 8.95. The molecule has 0 aromatic heterocycles. The third-order valence-electron chi connectivity index (χ3n) is 1.70. The number of hydrogen-bond donors (Lipinski definition) is 0. The summed E-state index contributed by atoms with van der Waals surface area (Å²) >= 11 is 0. The molecule has 0 bridgehead atoms. The van der Waals surface area contributed by atoms with E-state index >= 15 is 0 Å². The Labute approximate surface area is 72.7 Å². The van der Waals surface area contributed by atoms with Gasteiger partial charge in [0.15, 0.2) is 0 Å². The van der Waals surface area contributed by atoms with E-state index in [0.717, 1.165) is 0 Å². The maximum atomic E-state index is 3.94. The monoisotopic (exact) mass is 294 g/mol. The second-order valence-corrected chi connectivity index (χ2v) is 2.91. The van der Waals surface area contributed by atoms with Gasteiger partial charge in [-0.05, 0) is 0 Å². The van der Waals surface area contributed by atoms with Crippen molar-refractivity contribution < 1.29 is 21.1 Å². The van der Waals surface area contributed by atoms with Gasteiger partial charge in [-0.15, -0.1) is 6.42 Å². The summed E-state index contributed by atoms with van der Waals surface area (Å²) in [6, 6.07) is 0. The molecule has 1 rings (SSSR count). The molecule has 0 heterocycles. The van der Waals surface area contributed by atoms with Crippen molar-refractivity contribution in [2.45, 2.75) is 32.6 Å². The van der Waals surface area contributed by atoms with Crippen molar-refractivity contribution in [2.24, 2.45) is 5.92 Å². The standard InChI is InChI=1S/C8H14.W/c1-7(2)6-8-4-3-5-8;/h7H,1,3-6H2,2H3;/q-2;+2. The van der Waals surface area contributed by atoms with E-state index in [9.17, 15) is 0 Å². The van der Waals surface area contributed by atoms with Crippen LogP contribution in [0.2, 0.25) is 0 Å². The number of rotatable bonds is 2. The molecule has 0 spiro atoms. The van der Waals surface area contributed by atoms with Gasteiger partial charge < -0.3 is 12.8 Å². The third-order valence-corrected chi connectivity index (χ3v) is 1.70. The molecule has 0 aromatic carbocycles. The fraction of sp³-hybridized carbons (Fsp3) is 0.750. The molecule has 0 N–H and O–H groups in total. The molecule has 1 saturated carbocycles. The minimum Gasteiger partial charge on any atom is -0.343 e. The Morgan fingerprint density at radius 2 is 2.11 bits per heavy atom. The molecule has 1 aliphatic carbocycles. The van der Waals surface area contributed by atoms with Crippen LogP contribution < -0.4 is 0 Å². The van der Waals surface area contributed by atoms with Gasteiger partial charge in [0.25, 0.3) is 0 Å². The minimum absolute atomic E-state index is 0. The van der Waals surface area contributed by atoms with Crippen LogP contribution in [0.4, 0.5) is 0 Å². The molecule has 0 radical (unpaired) electrons. The van der Waals surface area contributed by atoms with Crippen molar-refractivity contribution in [3.8, 4) is 0 Å². The number of hydrogen-bond acceptors (Lipinski definition) is 0. The SMILES string of the molecule is [CH2-]C(C)C[C-]1CCC1.[W+2]. The second-order valence-electron chi connectivity index (χ2n) is 2.91. The topological polar surface area (TPSA) is 0 Å². The van der Waals surface area contributed by atoms with Gasteiger partial charge in [-0.3, -0.25) is 0 Å². The molecular weight excluding hydrogens is 280 g/mol. The van der Waals surface area contributed by atoms with E-state index in [1.165, 1.54) is 25.7 Å². The molecule has 1 fully saturated rings. The average Bonchev–Trinajstić information content (AvgIpc) is 1.55. The van der Waals surface area contributed by atoms with Gasteiger partial charge in [0.2, 0.25) is 0 Å². The first-order valence-corrected chi connectivity index (χ1v) is 3.45. The second kappa shape index (κ2) is 4.50. The van der Waals surface area contributed by atoms with Crippen LogP contribution >= 0.6 is 0 Å². The summed E-state index contributed by atoms with van der Waals surface area (Å²) in [6.07, 6.45) is 5.49. The molecule has 0 amide bonds. The summed E-state index contributed by atoms with van der Waals surface area (Å²) in [7, 11) is 0. The van der Waals surface area contributed by atoms with Crippen LogP contribution in [0.15, 0.2) is 0 Å². The van der Waals surface area contributed by atoms with Crippen LogP contribution in [-0.4, -0.2) is 0 Å². The first-order valence-electron chi connectivity index (χ1n) is 3.45. The zero-order valence-electron chi connectivity index (χ0n) is 6.02. The summed E-state index contributed by atoms with van der Waals surface area (Å²) in [5, 5.41) is 0. The van der Waals surface area contributed by atoms with Crippen molar-refractivity contribution in [1.82, 2.24) is 0 Å². The first-order chi connectivity index (χ1) is 3.79. The van der Waals surface area contributed by atoms with Gasteiger partial charge >= 0.3 is 21.1 Å². The fourth-order valence-electron chi connectivity index (χ4n) is 1.12. The molecule has 1 unspecified atom stereocenters. The summed E-state index contributed by atoms with van der Waals surface area (Å²) in [5.41, 5.74) is 0. The third kappa shape index (κ3) is 3.40. The predicted octanol–water partition coefficient (Wildman–Crippen LogP) is 2.60. The Balaban J connectivity index is 0.000000640. The smallest absolute Gasteiger partial charge is 0.343 e. The summed E-state index contributed by atoms with van der Waals surface area (Å²) in [5.74, 6) is 2.39. The first kappa shape index (κ1) is 9.69. The molecule has 0 aliphatic heterocycles. The van der Waals surface area contributed by atoms with Crippen LogP contribution in [0, 0.1) is 18.8 Å². The van der Waals surface area contributed by atoms with Gasteiger partial charge in [0.1, 0.15) is 0 Å². The summed E-state index contributed by atoms with van der Waals surface area (Å²) < 4.78 is 0. The molecular formula is C8H14W. The van der Waals surface area contributed by atoms with Crippen LogP contribution in [0.5, 0.6) is 0 Å². The van der Waals surface area contributed by atoms with Crippen LogP contribution in [0.1, 0.15) is 32.6 Å². The van der Waals surface area contributed by atoms with Crippen LogP contribution in [0.25, 0.3) is 0 Å². The largest absolute Gasteiger partial charge is 2.00 e. The molecule has 1 heteroatoms. The zero-order chi connectivity index (χ0) is 5.98. The molecule has 0 saturated heterocycles. The Hall–Kier alpha value is 0.688. The summed E-state index contributed by atoms with van der Waals surface area (Å²) in [4.78, 5) is 0. The molecule has 0 nitrogen and oxygen atoms in total. The predicted molar refractivity (Wildman–Crippen MR) is 36.2 cm³/mol. The molecule has 52 valence electrons. The van der Waals surface area contributed by atoms with Gasteiger partial charge in [-0.2, -0.15) is 18.8 Å². The quantitative estimate of drug-likeness (QED) is 0.687. The van der Waals surface area contributed by atoms with E-state index in [1.807, 2.05) is 0 Å². The Morgan fingerprint density at radius 1 is 1.56 bits per heavy atom. The summed E-state index contributed by atoms with van der Waals surface area (Å²) in [6.45, 7) is 6.13. The fourth-order valence-corrected chi connectivity index (χ4v) is 1.12. The van der Waals surface area contributed by atoms with E-state index in [4.69, 9.17) is 0 Å². The van der Waals surface area contributed by atoms with Crippen molar-refractivity contribution in [3.05, 3.63) is 12.8 Å². The van der Waals surface area contributed by atoms with Crippen molar-refractivity contribution in [2.75, 3.05) is 0 Å². The van der Waals surface area contributed by atoms with E-state index in [0.29, 0.717) is 5.92 Å². The van der Waals surface area contributed by atoms with Gasteiger partial charge in [-0.25, -0.2) is 6.42 Å². The molecule has 1 atom stereocenters. The Morgan fingerprint density at radius 3 is 2.22 bits per heavy atom. The van der Waals surface area contributed by atoms with E-state index < -0.39 is 0 Å². The Bertz CT molecular complexity index is 65.0.